The molecule has 102 valence electrons. The van der Waals surface area contributed by atoms with Gasteiger partial charge >= 0.3 is 0 Å². The standard InChI is InChI=1S/C15H32N2/c1-5-15-10-9-14(4)17(15)12-8-6-7-11-16-13(2)3/h13-16H,5-12H2,1-4H3. The summed E-state index contributed by atoms with van der Waals surface area (Å²) in [6.07, 6.45) is 8.25. The van der Waals surface area contributed by atoms with Gasteiger partial charge in [-0.25, -0.2) is 0 Å². The zero-order valence-electron chi connectivity index (χ0n) is 12.3. The normalized spacial score (nSPS) is 25.9. The molecule has 0 aromatic rings. The molecule has 1 N–H and O–H groups in total. The minimum Gasteiger partial charge on any atom is -0.315 e. The van der Waals surface area contributed by atoms with Gasteiger partial charge in [-0.05, 0) is 52.1 Å². The third kappa shape index (κ3) is 5.39. The monoisotopic (exact) mass is 240 g/mol. The van der Waals surface area contributed by atoms with E-state index in [-0.39, 0.29) is 0 Å². The summed E-state index contributed by atoms with van der Waals surface area (Å²) < 4.78 is 0. The molecule has 1 heterocycles. The Balaban J connectivity index is 2.05. The Morgan fingerprint density at radius 3 is 2.59 bits per heavy atom. The molecule has 2 atom stereocenters. The van der Waals surface area contributed by atoms with Gasteiger partial charge in [-0.2, -0.15) is 0 Å². The molecule has 0 spiro atoms. The van der Waals surface area contributed by atoms with E-state index >= 15 is 0 Å². The topological polar surface area (TPSA) is 15.3 Å². The van der Waals surface area contributed by atoms with E-state index in [1.807, 2.05) is 0 Å². The van der Waals surface area contributed by atoms with Gasteiger partial charge in [0, 0.05) is 18.1 Å². The summed E-state index contributed by atoms with van der Waals surface area (Å²) in [7, 11) is 0. The highest BCUT2D eigenvalue weighted by atomic mass is 15.2. The molecule has 0 radical (unpaired) electrons. The Morgan fingerprint density at radius 2 is 1.94 bits per heavy atom. The van der Waals surface area contributed by atoms with E-state index in [9.17, 15) is 0 Å². The molecule has 0 amide bonds. The number of rotatable bonds is 8. The Morgan fingerprint density at radius 1 is 1.18 bits per heavy atom. The summed E-state index contributed by atoms with van der Waals surface area (Å²) in [5.74, 6) is 0. The zero-order chi connectivity index (χ0) is 12.7. The van der Waals surface area contributed by atoms with E-state index in [4.69, 9.17) is 0 Å². The lowest BCUT2D eigenvalue weighted by atomic mass is 10.1. The van der Waals surface area contributed by atoms with Gasteiger partial charge in [0.2, 0.25) is 0 Å². The molecule has 0 aliphatic carbocycles. The predicted molar refractivity (Wildman–Crippen MR) is 76.5 cm³/mol. The van der Waals surface area contributed by atoms with Crippen LogP contribution in [0.2, 0.25) is 0 Å². The molecule has 17 heavy (non-hydrogen) atoms. The van der Waals surface area contributed by atoms with Crippen LogP contribution in [0.3, 0.4) is 0 Å². The van der Waals surface area contributed by atoms with Crippen LogP contribution in [0.15, 0.2) is 0 Å². The van der Waals surface area contributed by atoms with Crippen LogP contribution in [0.5, 0.6) is 0 Å². The molecule has 1 saturated heterocycles. The van der Waals surface area contributed by atoms with Crippen LogP contribution >= 0.6 is 0 Å². The lowest BCUT2D eigenvalue weighted by molar-refractivity contribution is 0.194. The Bertz CT molecular complexity index is 191. The maximum absolute atomic E-state index is 3.49. The maximum Gasteiger partial charge on any atom is 0.00960 e. The van der Waals surface area contributed by atoms with Crippen molar-refractivity contribution in [3.8, 4) is 0 Å². The second-order valence-electron chi connectivity index (χ2n) is 5.90. The van der Waals surface area contributed by atoms with Crippen molar-refractivity contribution in [3.63, 3.8) is 0 Å². The zero-order valence-corrected chi connectivity index (χ0v) is 12.3. The van der Waals surface area contributed by atoms with Crippen LogP contribution in [-0.2, 0) is 0 Å². The number of unbranched alkanes of at least 4 members (excludes halogenated alkanes) is 2. The maximum atomic E-state index is 3.49. The first-order chi connectivity index (χ1) is 8.15. The second kappa shape index (κ2) is 8.10. The average Bonchev–Trinajstić information content (AvgIpc) is 2.64. The van der Waals surface area contributed by atoms with Crippen LogP contribution in [0, 0.1) is 0 Å². The van der Waals surface area contributed by atoms with E-state index in [1.54, 1.807) is 0 Å². The minimum atomic E-state index is 0.637. The van der Waals surface area contributed by atoms with Gasteiger partial charge in [0.1, 0.15) is 0 Å². The van der Waals surface area contributed by atoms with E-state index in [2.05, 4.69) is 37.9 Å². The van der Waals surface area contributed by atoms with Crippen molar-refractivity contribution in [2.24, 2.45) is 0 Å². The summed E-state index contributed by atoms with van der Waals surface area (Å²) in [5.41, 5.74) is 0. The molecule has 2 unspecified atom stereocenters. The van der Waals surface area contributed by atoms with Crippen LogP contribution in [0.1, 0.15) is 66.2 Å². The van der Waals surface area contributed by atoms with Crippen LogP contribution in [0.25, 0.3) is 0 Å². The number of hydrogen-bond acceptors (Lipinski definition) is 2. The molecule has 2 heteroatoms. The van der Waals surface area contributed by atoms with E-state index in [0.717, 1.165) is 12.1 Å². The van der Waals surface area contributed by atoms with Crippen molar-refractivity contribution in [2.45, 2.75) is 84.3 Å². The van der Waals surface area contributed by atoms with Crippen molar-refractivity contribution in [1.82, 2.24) is 10.2 Å². The highest BCUT2D eigenvalue weighted by Crippen LogP contribution is 2.26. The highest BCUT2D eigenvalue weighted by molar-refractivity contribution is 4.83. The third-order valence-electron chi connectivity index (χ3n) is 4.07. The van der Waals surface area contributed by atoms with Gasteiger partial charge < -0.3 is 5.32 Å². The molecule has 0 saturated carbocycles. The third-order valence-corrected chi connectivity index (χ3v) is 4.07. The summed E-state index contributed by atoms with van der Waals surface area (Å²) >= 11 is 0. The minimum absolute atomic E-state index is 0.637. The van der Waals surface area contributed by atoms with Gasteiger partial charge in [-0.3, -0.25) is 4.90 Å². The SMILES string of the molecule is CCC1CCC(C)N1CCCCCNC(C)C. The van der Waals surface area contributed by atoms with E-state index in [1.165, 1.54) is 51.6 Å². The van der Waals surface area contributed by atoms with Crippen molar-refractivity contribution in [1.29, 1.82) is 0 Å². The van der Waals surface area contributed by atoms with Gasteiger partial charge in [0.25, 0.3) is 0 Å². The Labute approximate surface area is 108 Å². The number of nitrogens with one attached hydrogen (secondary N) is 1. The molecule has 2 nitrogen and oxygen atoms in total. The molecule has 0 aromatic heterocycles. The van der Waals surface area contributed by atoms with Crippen LogP contribution < -0.4 is 5.32 Å². The molecular weight excluding hydrogens is 208 g/mol. The number of nitrogens with zero attached hydrogens (tertiary/aromatic N) is 1. The fraction of sp³-hybridized carbons (Fsp3) is 1.00. The summed E-state index contributed by atoms with van der Waals surface area (Å²) in [6, 6.07) is 2.34. The van der Waals surface area contributed by atoms with Crippen molar-refractivity contribution in [3.05, 3.63) is 0 Å². The number of likely N-dealkylation sites (tertiary alicyclic amines) is 1. The van der Waals surface area contributed by atoms with Crippen LogP contribution in [-0.4, -0.2) is 36.1 Å². The lowest BCUT2D eigenvalue weighted by Crippen LogP contribution is -2.35. The van der Waals surface area contributed by atoms with Crippen molar-refractivity contribution >= 4 is 0 Å². The largest absolute Gasteiger partial charge is 0.315 e. The lowest BCUT2D eigenvalue weighted by Gasteiger charge is -2.27. The summed E-state index contributed by atoms with van der Waals surface area (Å²) in [6.45, 7) is 11.7. The van der Waals surface area contributed by atoms with E-state index < -0.39 is 0 Å². The van der Waals surface area contributed by atoms with Crippen molar-refractivity contribution in [2.75, 3.05) is 13.1 Å². The molecule has 0 bridgehead atoms. The molecule has 1 rings (SSSR count). The molecule has 0 aromatic carbocycles. The summed E-state index contributed by atoms with van der Waals surface area (Å²) in [5, 5.41) is 3.49. The quantitative estimate of drug-likeness (QED) is 0.654. The first-order valence-corrected chi connectivity index (χ1v) is 7.64. The van der Waals surface area contributed by atoms with Gasteiger partial charge in [-0.15, -0.1) is 0 Å². The molecule has 1 aliphatic heterocycles. The van der Waals surface area contributed by atoms with Gasteiger partial charge in [-0.1, -0.05) is 27.2 Å². The summed E-state index contributed by atoms with van der Waals surface area (Å²) in [4.78, 5) is 2.75. The first-order valence-electron chi connectivity index (χ1n) is 7.64. The predicted octanol–water partition coefficient (Wildman–Crippen LogP) is 3.42. The molecule has 1 aliphatic rings. The van der Waals surface area contributed by atoms with Gasteiger partial charge in [0.15, 0.2) is 0 Å². The molecular formula is C15H32N2. The highest BCUT2D eigenvalue weighted by Gasteiger charge is 2.28. The van der Waals surface area contributed by atoms with E-state index in [0.29, 0.717) is 6.04 Å². The Kier molecular flexibility index (Phi) is 7.14. The number of hydrogen-bond donors (Lipinski definition) is 1. The smallest absolute Gasteiger partial charge is 0.00960 e. The van der Waals surface area contributed by atoms with Crippen LogP contribution in [0.4, 0.5) is 0 Å². The fourth-order valence-electron chi connectivity index (χ4n) is 2.95. The van der Waals surface area contributed by atoms with Gasteiger partial charge in [0.05, 0.1) is 0 Å². The average molecular weight is 240 g/mol. The molecule has 1 fully saturated rings. The first kappa shape index (κ1) is 15.0. The Hall–Kier alpha value is -0.0800. The fourth-order valence-corrected chi connectivity index (χ4v) is 2.95. The second-order valence-corrected chi connectivity index (χ2v) is 5.90. The van der Waals surface area contributed by atoms with Crippen molar-refractivity contribution < 1.29 is 0 Å².